The van der Waals surface area contributed by atoms with E-state index in [9.17, 15) is 0 Å². The van der Waals surface area contributed by atoms with Crippen LogP contribution in [0, 0.1) is 17.8 Å². The van der Waals surface area contributed by atoms with Crippen LogP contribution in [0.15, 0.2) is 12.4 Å². The van der Waals surface area contributed by atoms with Gasteiger partial charge in [0.25, 0.3) is 0 Å². The molecule has 4 unspecified atom stereocenters. The summed E-state index contributed by atoms with van der Waals surface area (Å²) in [7, 11) is 0. The van der Waals surface area contributed by atoms with Crippen LogP contribution in [0.4, 0.5) is 0 Å². The van der Waals surface area contributed by atoms with Crippen molar-refractivity contribution in [1.29, 1.82) is 0 Å². The van der Waals surface area contributed by atoms with Gasteiger partial charge in [-0.1, -0.05) is 27.2 Å². The minimum absolute atomic E-state index is 0.316. The van der Waals surface area contributed by atoms with Crippen molar-refractivity contribution in [1.82, 2.24) is 15.3 Å². The van der Waals surface area contributed by atoms with Gasteiger partial charge >= 0.3 is 0 Å². The van der Waals surface area contributed by atoms with Crippen LogP contribution in [0.2, 0.25) is 0 Å². The molecule has 0 spiro atoms. The molecule has 1 aromatic rings. The van der Waals surface area contributed by atoms with Crippen LogP contribution in [0.3, 0.4) is 0 Å². The lowest BCUT2D eigenvalue weighted by atomic mass is 9.74. The van der Waals surface area contributed by atoms with Crippen molar-refractivity contribution < 1.29 is 0 Å². The van der Waals surface area contributed by atoms with Gasteiger partial charge in [0.05, 0.1) is 6.04 Å². The zero-order valence-corrected chi connectivity index (χ0v) is 12.1. The van der Waals surface area contributed by atoms with Gasteiger partial charge in [0, 0.05) is 18.4 Å². The number of aromatic amines is 1. The first kappa shape index (κ1) is 13.6. The van der Waals surface area contributed by atoms with Crippen LogP contribution in [-0.4, -0.2) is 16.0 Å². The zero-order chi connectivity index (χ0) is 13.1. The van der Waals surface area contributed by atoms with Crippen molar-refractivity contribution in [3.05, 3.63) is 18.2 Å². The molecule has 1 fully saturated rings. The van der Waals surface area contributed by atoms with Gasteiger partial charge in [-0.15, -0.1) is 0 Å². The maximum absolute atomic E-state index is 4.35. The van der Waals surface area contributed by atoms with E-state index in [2.05, 4.69) is 43.0 Å². The summed E-state index contributed by atoms with van der Waals surface area (Å²) in [5.74, 6) is 3.47. The molecule has 1 saturated carbocycles. The maximum atomic E-state index is 4.35. The fraction of sp³-hybridized carbons (Fsp3) is 0.800. The Balaban J connectivity index is 2.00. The third kappa shape index (κ3) is 3.14. The molecule has 1 aliphatic rings. The van der Waals surface area contributed by atoms with Gasteiger partial charge in [0.15, 0.2) is 0 Å². The molecule has 3 heteroatoms. The summed E-state index contributed by atoms with van der Waals surface area (Å²) in [6.07, 6.45) is 7.78. The van der Waals surface area contributed by atoms with E-state index in [1.807, 2.05) is 12.4 Å². The Bertz CT molecular complexity index is 345. The van der Waals surface area contributed by atoms with Crippen molar-refractivity contribution in [3.63, 3.8) is 0 Å². The molecule has 2 rings (SSSR count). The molecular weight excluding hydrogens is 222 g/mol. The summed E-state index contributed by atoms with van der Waals surface area (Å²) in [4.78, 5) is 7.56. The summed E-state index contributed by atoms with van der Waals surface area (Å²) in [6.45, 7) is 9.29. The summed E-state index contributed by atoms with van der Waals surface area (Å²) in [6, 6.07) is 0.949. The Morgan fingerprint density at radius 3 is 2.72 bits per heavy atom. The molecule has 0 saturated heterocycles. The highest BCUT2D eigenvalue weighted by molar-refractivity contribution is 4.96. The summed E-state index contributed by atoms with van der Waals surface area (Å²) in [5, 5.41) is 3.79. The van der Waals surface area contributed by atoms with Gasteiger partial charge in [-0.25, -0.2) is 4.98 Å². The second-order valence-corrected chi connectivity index (χ2v) is 6.30. The van der Waals surface area contributed by atoms with E-state index < -0.39 is 0 Å². The van der Waals surface area contributed by atoms with Crippen molar-refractivity contribution in [2.24, 2.45) is 17.8 Å². The first-order valence-electron chi connectivity index (χ1n) is 7.33. The number of hydrogen-bond donors (Lipinski definition) is 2. The molecule has 4 atom stereocenters. The molecular formula is C15H27N3. The molecule has 0 bridgehead atoms. The number of imidazole rings is 1. The molecule has 0 aromatic carbocycles. The summed E-state index contributed by atoms with van der Waals surface area (Å²) < 4.78 is 0. The van der Waals surface area contributed by atoms with E-state index >= 15 is 0 Å². The first-order chi connectivity index (χ1) is 8.58. The highest BCUT2D eigenvalue weighted by Gasteiger charge is 2.31. The predicted molar refractivity (Wildman–Crippen MR) is 75.3 cm³/mol. The van der Waals surface area contributed by atoms with Crippen molar-refractivity contribution in [2.75, 3.05) is 0 Å². The number of H-pyrrole nitrogens is 1. The lowest BCUT2D eigenvalue weighted by Crippen LogP contribution is -2.44. The average molecular weight is 249 g/mol. The molecule has 2 N–H and O–H groups in total. The quantitative estimate of drug-likeness (QED) is 0.857. The predicted octanol–water partition coefficient (Wildman–Crippen LogP) is 3.52. The number of aromatic nitrogens is 2. The van der Waals surface area contributed by atoms with Crippen LogP contribution in [0.25, 0.3) is 0 Å². The number of nitrogens with zero attached hydrogens (tertiary/aromatic N) is 1. The summed E-state index contributed by atoms with van der Waals surface area (Å²) >= 11 is 0. The Morgan fingerprint density at radius 1 is 1.33 bits per heavy atom. The van der Waals surface area contributed by atoms with Gasteiger partial charge in [-0.3, -0.25) is 0 Å². The smallest absolute Gasteiger partial charge is 0.122 e. The van der Waals surface area contributed by atoms with Crippen LogP contribution in [-0.2, 0) is 0 Å². The maximum Gasteiger partial charge on any atom is 0.122 e. The van der Waals surface area contributed by atoms with Gasteiger partial charge in [-0.2, -0.15) is 0 Å². The highest BCUT2D eigenvalue weighted by atomic mass is 15.0. The second kappa shape index (κ2) is 5.87. The highest BCUT2D eigenvalue weighted by Crippen LogP contribution is 2.34. The Kier molecular flexibility index (Phi) is 4.44. The molecule has 18 heavy (non-hydrogen) atoms. The Labute approximate surface area is 111 Å². The normalized spacial score (nSPS) is 30.6. The molecule has 102 valence electrons. The van der Waals surface area contributed by atoms with E-state index in [0.717, 1.165) is 23.6 Å². The fourth-order valence-corrected chi connectivity index (χ4v) is 3.31. The van der Waals surface area contributed by atoms with Crippen molar-refractivity contribution >= 4 is 0 Å². The Morgan fingerprint density at radius 2 is 2.11 bits per heavy atom. The lowest BCUT2D eigenvalue weighted by molar-refractivity contribution is 0.160. The van der Waals surface area contributed by atoms with Crippen LogP contribution in [0.1, 0.15) is 58.8 Å². The molecule has 1 aromatic heterocycles. The molecule has 1 aliphatic carbocycles. The van der Waals surface area contributed by atoms with Crippen molar-refractivity contribution in [2.45, 2.75) is 59.0 Å². The van der Waals surface area contributed by atoms with E-state index in [4.69, 9.17) is 0 Å². The van der Waals surface area contributed by atoms with Gasteiger partial charge in [0.2, 0.25) is 0 Å². The molecule has 3 nitrogen and oxygen atoms in total. The van der Waals surface area contributed by atoms with Gasteiger partial charge in [0.1, 0.15) is 5.82 Å². The molecule has 0 amide bonds. The number of nitrogens with one attached hydrogen (secondary N) is 2. The zero-order valence-electron chi connectivity index (χ0n) is 12.1. The second-order valence-electron chi connectivity index (χ2n) is 6.30. The third-order valence-electron chi connectivity index (χ3n) is 4.42. The monoisotopic (exact) mass is 249 g/mol. The van der Waals surface area contributed by atoms with E-state index in [1.165, 1.54) is 19.3 Å². The van der Waals surface area contributed by atoms with E-state index in [1.54, 1.807) is 0 Å². The van der Waals surface area contributed by atoms with E-state index in [0.29, 0.717) is 12.1 Å². The minimum Gasteiger partial charge on any atom is -0.347 e. The largest absolute Gasteiger partial charge is 0.347 e. The van der Waals surface area contributed by atoms with Gasteiger partial charge < -0.3 is 10.3 Å². The molecule has 1 heterocycles. The minimum atomic E-state index is 0.316. The fourth-order valence-electron chi connectivity index (χ4n) is 3.31. The van der Waals surface area contributed by atoms with Crippen LogP contribution < -0.4 is 5.32 Å². The molecule has 0 aliphatic heterocycles. The number of hydrogen-bond acceptors (Lipinski definition) is 2. The first-order valence-corrected chi connectivity index (χ1v) is 7.33. The number of rotatable bonds is 4. The Hall–Kier alpha value is -0.830. The SMILES string of the molecule is CC1CCC(C(C)C)C(NC(C)c2ncc[nH]2)C1. The van der Waals surface area contributed by atoms with Crippen LogP contribution in [0.5, 0.6) is 0 Å². The standard InChI is InChI=1S/C15H27N3/c1-10(2)13-6-5-11(3)9-14(13)18-12(4)15-16-7-8-17-15/h7-8,10-14,18H,5-6,9H2,1-4H3,(H,16,17). The molecule has 0 radical (unpaired) electrons. The van der Waals surface area contributed by atoms with Gasteiger partial charge in [-0.05, 0) is 37.5 Å². The van der Waals surface area contributed by atoms with Crippen LogP contribution >= 0.6 is 0 Å². The third-order valence-corrected chi connectivity index (χ3v) is 4.42. The average Bonchev–Trinajstić information content (AvgIpc) is 2.81. The van der Waals surface area contributed by atoms with E-state index in [-0.39, 0.29) is 0 Å². The lowest BCUT2D eigenvalue weighted by Gasteiger charge is -2.39. The topological polar surface area (TPSA) is 40.7 Å². The van der Waals surface area contributed by atoms with Crippen molar-refractivity contribution in [3.8, 4) is 0 Å². The summed E-state index contributed by atoms with van der Waals surface area (Å²) in [5.41, 5.74) is 0.